The molecule has 31 heavy (non-hydrogen) atoms. The van der Waals surface area contributed by atoms with Gasteiger partial charge in [-0.1, -0.05) is 12.1 Å². The molecule has 1 unspecified atom stereocenters. The van der Waals surface area contributed by atoms with Crippen molar-refractivity contribution in [2.75, 3.05) is 13.1 Å². The molecule has 1 aromatic carbocycles. The van der Waals surface area contributed by atoms with E-state index in [2.05, 4.69) is 15.3 Å². The van der Waals surface area contributed by atoms with Gasteiger partial charge in [0.1, 0.15) is 6.04 Å². The van der Waals surface area contributed by atoms with Gasteiger partial charge in [0.15, 0.2) is 0 Å². The van der Waals surface area contributed by atoms with Crippen LogP contribution in [0.15, 0.2) is 30.5 Å². The summed E-state index contributed by atoms with van der Waals surface area (Å²) >= 11 is 0. The molecule has 2 saturated heterocycles. The summed E-state index contributed by atoms with van der Waals surface area (Å²) in [5, 5.41) is 6.60. The SMILES string of the molecule is Cn1nccc1[C@@H]1CN(Cc2ccc3c(c2)C(=O)N(C2CCC(=O)NC2=O)C3)C[C@H]1N. The van der Waals surface area contributed by atoms with Crippen LogP contribution in [0, 0.1) is 0 Å². The van der Waals surface area contributed by atoms with Gasteiger partial charge in [0, 0.05) is 69.1 Å². The van der Waals surface area contributed by atoms with Crippen LogP contribution in [0.2, 0.25) is 0 Å². The van der Waals surface area contributed by atoms with Crippen molar-refractivity contribution < 1.29 is 14.4 Å². The minimum absolute atomic E-state index is 0.0366. The Labute approximate surface area is 180 Å². The van der Waals surface area contributed by atoms with Crippen molar-refractivity contribution in [2.45, 2.75) is 43.9 Å². The first-order valence-corrected chi connectivity index (χ1v) is 10.6. The molecule has 9 nitrogen and oxygen atoms in total. The molecule has 5 rings (SSSR count). The van der Waals surface area contributed by atoms with E-state index >= 15 is 0 Å². The first kappa shape index (κ1) is 19.9. The van der Waals surface area contributed by atoms with Gasteiger partial charge in [-0.05, 0) is 29.7 Å². The zero-order valence-corrected chi connectivity index (χ0v) is 17.5. The molecular formula is C22H26N6O3. The van der Waals surface area contributed by atoms with E-state index in [1.807, 2.05) is 36.0 Å². The number of benzene rings is 1. The monoisotopic (exact) mass is 422 g/mol. The van der Waals surface area contributed by atoms with Crippen molar-refractivity contribution in [1.29, 1.82) is 0 Å². The summed E-state index contributed by atoms with van der Waals surface area (Å²) in [6, 6.07) is 7.43. The quantitative estimate of drug-likeness (QED) is 0.676. The molecule has 0 radical (unpaired) electrons. The number of fused-ring (bicyclic) bond motifs is 1. The van der Waals surface area contributed by atoms with E-state index in [-0.39, 0.29) is 36.1 Å². The van der Waals surface area contributed by atoms with Crippen LogP contribution in [0.4, 0.5) is 0 Å². The number of aromatic nitrogens is 2. The maximum atomic E-state index is 13.0. The Morgan fingerprint density at radius 3 is 2.77 bits per heavy atom. The lowest BCUT2D eigenvalue weighted by Gasteiger charge is -2.29. The zero-order chi connectivity index (χ0) is 21.7. The average Bonchev–Trinajstić information content (AvgIpc) is 3.40. The molecule has 2 fully saturated rings. The third-order valence-electron chi connectivity index (χ3n) is 6.68. The average molecular weight is 422 g/mol. The van der Waals surface area contributed by atoms with E-state index in [1.165, 1.54) is 0 Å². The van der Waals surface area contributed by atoms with Gasteiger partial charge in [0.25, 0.3) is 5.91 Å². The molecule has 162 valence electrons. The number of nitrogens with two attached hydrogens (primary N) is 1. The van der Waals surface area contributed by atoms with Gasteiger partial charge in [0.05, 0.1) is 0 Å². The van der Waals surface area contributed by atoms with E-state index in [4.69, 9.17) is 5.73 Å². The Bertz CT molecular complexity index is 1060. The Morgan fingerprint density at radius 2 is 2.03 bits per heavy atom. The minimum Gasteiger partial charge on any atom is -0.326 e. The van der Waals surface area contributed by atoms with Gasteiger partial charge in [0.2, 0.25) is 11.8 Å². The number of carbonyl (C=O) groups is 3. The normalized spacial score (nSPS) is 26.5. The van der Waals surface area contributed by atoms with Crippen LogP contribution >= 0.6 is 0 Å². The number of likely N-dealkylation sites (tertiary alicyclic amines) is 1. The zero-order valence-electron chi connectivity index (χ0n) is 17.5. The number of hydrogen-bond donors (Lipinski definition) is 2. The van der Waals surface area contributed by atoms with E-state index in [1.54, 1.807) is 11.1 Å². The van der Waals surface area contributed by atoms with Gasteiger partial charge < -0.3 is 10.6 Å². The number of aryl methyl sites for hydroxylation is 1. The van der Waals surface area contributed by atoms with Gasteiger partial charge >= 0.3 is 0 Å². The van der Waals surface area contributed by atoms with Gasteiger partial charge in [-0.3, -0.25) is 29.3 Å². The molecule has 4 heterocycles. The summed E-state index contributed by atoms with van der Waals surface area (Å²) < 4.78 is 1.88. The fraction of sp³-hybridized carbons (Fsp3) is 0.455. The van der Waals surface area contributed by atoms with Crippen LogP contribution in [0.3, 0.4) is 0 Å². The van der Waals surface area contributed by atoms with Crippen molar-refractivity contribution >= 4 is 17.7 Å². The fourth-order valence-electron chi connectivity index (χ4n) is 5.06. The van der Waals surface area contributed by atoms with Crippen LogP contribution < -0.4 is 11.1 Å². The molecule has 1 aromatic heterocycles. The molecule has 3 N–H and O–H groups in total. The molecule has 0 aliphatic carbocycles. The van der Waals surface area contributed by atoms with E-state index in [0.717, 1.165) is 29.9 Å². The highest BCUT2D eigenvalue weighted by molar-refractivity contribution is 6.05. The number of imide groups is 1. The third kappa shape index (κ3) is 3.53. The molecule has 2 aromatic rings. The highest BCUT2D eigenvalue weighted by atomic mass is 16.2. The number of amides is 3. The Balaban J connectivity index is 1.29. The second-order valence-corrected chi connectivity index (χ2v) is 8.74. The summed E-state index contributed by atoms with van der Waals surface area (Å²) in [5.74, 6) is -0.574. The van der Waals surface area contributed by atoms with Crippen LogP contribution in [0.25, 0.3) is 0 Å². The largest absolute Gasteiger partial charge is 0.326 e. The first-order valence-electron chi connectivity index (χ1n) is 10.6. The second-order valence-electron chi connectivity index (χ2n) is 8.74. The Hall–Kier alpha value is -3.04. The summed E-state index contributed by atoms with van der Waals surface area (Å²) in [4.78, 5) is 40.6. The predicted molar refractivity (Wildman–Crippen MR) is 112 cm³/mol. The summed E-state index contributed by atoms with van der Waals surface area (Å²) in [5.41, 5.74) is 10.2. The second kappa shape index (κ2) is 7.58. The molecule has 3 atom stereocenters. The van der Waals surface area contributed by atoms with Crippen LogP contribution in [-0.4, -0.2) is 62.5 Å². The maximum absolute atomic E-state index is 13.0. The minimum atomic E-state index is -0.586. The topological polar surface area (TPSA) is 114 Å². The van der Waals surface area contributed by atoms with Crippen molar-refractivity contribution in [3.63, 3.8) is 0 Å². The molecule has 0 saturated carbocycles. The molecule has 3 amide bonds. The lowest BCUT2D eigenvalue weighted by molar-refractivity contribution is -0.136. The molecule has 0 spiro atoms. The molecule has 3 aliphatic rings. The molecule has 0 bridgehead atoms. The number of hydrogen-bond acceptors (Lipinski definition) is 6. The number of carbonyl (C=O) groups excluding carboxylic acids is 3. The van der Waals surface area contributed by atoms with Crippen LogP contribution in [0.5, 0.6) is 0 Å². The lowest BCUT2D eigenvalue weighted by Crippen LogP contribution is -2.52. The van der Waals surface area contributed by atoms with Gasteiger partial charge in [-0.15, -0.1) is 0 Å². The number of rotatable bonds is 4. The fourth-order valence-corrected chi connectivity index (χ4v) is 5.06. The summed E-state index contributed by atoms with van der Waals surface area (Å²) in [6.45, 7) is 2.73. The molecule has 9 heteroatoms. The van der Waals surface area contributed by atoms with Crippen molar-refractivity contribution in [3.05, 3.63) is 52.8 Å². The lowest BCUT2D eigenvalue weighted by atomic mass is 10.0. The van der Waals surface area contributed by atoms with E-state index < -0.39 is 6.04 Å². The van der Waals surface area contributed by atoms with Crippen molar-refractivity contribution in [1.82, 2.24) is 24.9 Å². The number of nitrogens with zero attached hydrogens (tertiary/aromatic N) is 4. The predicted octanol–water partition coefficient (Wildman–Crippen LogP) is 0.108. The smallest absolute Gasteiger partial charge is 0.255 e. The van der Waals surface area contributed by atoms with E-state index in [9.17, 15) is 14.4 Å². The highest BCUT2D eigenvalue weighted by Crippen LogP contribution is 2.30. The van der Waals surface area contributed by atoms with Gasteiger partial charge in [-0.25, -0.2) is 0 Å². The maximum Gasteiger partial charge on any atom is 0.255 e. The number of piperidine rings is 1. The Morgan fingerprint density at radius 1 is 1.19 bits per heavy atom. The standard InChI is InChI=1S/C22H26N6O3/c1-26-18(6-7-24-26)16-11-27(12-17(16)23)9-13-2-3-14-10-28(22(31)15(14)8-13)19-4-5-20(29)25-21(19)30/h2-3,6-8,16-17,19H,4-5,9-12,23H2,1H3,(H,25,29,30)/t16-,17-,19?/m1/s1. The summed E-state index contributed by atoms with van der Waals surface area (Å²) in [6.07, 6.45) is 2.43. The van der Waals surface area contributed by atoms with E-state index in [0.29, 0.717) is 25.1 Å². The van der Waals surface area contributed by atoms with Crippen LogP contribution in [-0.2, 0) is 29.7 Å². The van der Waals surface area contributed by atoms with Crippen LogP contribution in [0.1, 0.15) is 45.9 Å². The van der Waals surface area contributed by atoms with Crippen molar-refractivity contribution in [2.24, 2.45) is 12.8 Å². The first-order chi connectivity index (χ1) is 14.9. The Kier molecular flexibility index (Phi) is 4.86. The highest BCUT2D eigenvalue weighted by Gasteiger charge is 2.39. The van der Waals surface area contributed by atoms with Gasteiger partial charge in [-0.2, -0.15) is 5.10 Å². The third-order valence-corrected chi connectivity index (χ3v) is 6.68. The molecule has 3 aliphatic heterocycles. The number of nitrogens with one attached hydrogen (secondary N) is 1. The summed E-state index contributed by atoms with van der Waals surface area (Å²) in [7, 11) is 1.94. The molecular weight excluding hydrogens is 396 g/mol. The van der Waals surface area contributed by atoms with Crippen molar-refractivity contribution in [3.8, 4) is 0 Å².